The molecule has 1 aliphatic heterocycles. The van der Waals surface area contributed by atoms with Crippen LogP contribution in [-0.2, 0) is 11.2 Å². The highest BCUT2D eigenvalue weighted by Gasteiger charge is 2.34. The van der Waals surface area contributed by atoms with Crippen LogP contribution in [0, 0.1) is 6.92 Å². The molecule has 1 fully saturated rings. The summed E-state index contributed by atoms with van der Waals surface area (Å²) in [6.45, 7) is 2.57. The largest absolute Gasteiger partial charge is 0.497 e. The van der Waals surface area contributed by atoms with Crippen LogP contribution in [0.15, 0.2) is 28.8 Å². The van der Waals surface area contributed by atoms with E-state index in [4.69, 9.17) is 9.26 Å². The van der Waals surface area contributed by atoms with Gasteiger partial charge >= 0.3 is 0 Å². The molecule has 1 aromatic carbocycles. The Bertz CT molecular complexity index is 698. The van der Waals surface area contributed by atoms with E-state index >= 15 is 0 Å². The van der Waals surface area contributed by atoms with Crippen LogP contribution in [-0.4, -0.2) is 47.7 Å². The van der Waals surface area contributed by atoms with Gasteiger partial charge in [0.15, 0.2) is 5.82 Å². The molecule has 2 aromatic rings. The van der Waals surface area contributed by atoms with Crippen molar-refractivity contribution in [2.75, 3.05) is 20.7 Å². The van der Waals surface area contributed by atoms with Crippen LogP contribution >= 0.6 is 0 Å². The number of benzene rings is 1. The molecule has 1 saturated heterocycles. The molecular weight excluding hydrogens is 308 g/mol. The summed E-state index contributed by atoms with van der Waals surface area (Å²) in [6.07, 6.45) is 1.13. The summed E-state index contributed by atoms with van der Waals surface area (Å²) in [4.78, 5) is 18.7. The number of carbonyl (C=O) groups excluding carboxylic acids is 1. The molecule has 0 unspecified atom stereocenters. The predicted molar refractivity (Wildman–Crippen MR) is 87.7 cm³/mol. The zero-order chi connectivity index (χ0) is 17.1. The molecule has 1 N–H and O–H groups in total. The Morgan fingerprint density at radius 3 is 2.79 bits per heavy atom. The van der Waals surface area contributed by atoms with Crippen LogP contribution in [0.25, 0.3) is 0 Å². The third-order valence-corrected chi connectivity index (χ3v) is 4.27. The number of rotatable bonds is 5. The number of hydrogen-bond donors (Lipinski definition) is 1. The average molecular weight is 330 g/mol. The molecule has 128 valence electrons. The topological polar surface area (TPSA) is 80.5 Å². The molecule has 1 aliphatic rings. The van der Waals surface area contributed by atoms with Crippen molar-refractivity contribution >= 4 is 5.91 Å². The first kappa shape index (κ1) is 16.4. The molecule has 7 heteroatoms. The first-order valence-electron chi connectivity index (χ1n) is 7.98. The zero-order valence-corrected chi connectivity index (χ0v) is 14.2. The van der Waals surface area contributed by atoms with Gasteiger partial charge in [-0.05, 0) is 38.1 Å². The molecule has 1 amide bonds. The summed E-state index contributed by atoms with van der Waals surface area (Å²) in [5.74, 6) is 2.04. The Morgan fingerprint density at radius 1 is 1.42 bits per heavy atom. The lowest BCUT2D eigenvalue weighted by atomic mass is 10.1. The predicted octanol–water partition coefficient (Wildman–Crippen LogP) is 1.49. The monoisotopic (exact) mass is 330 g/mol. The number of likely N-dealkylation sites (tertiary alicyclic amines) is 1. The third-order valence-electron chi connectivity index (χ3n) is 4.27. The fraction of sp³-hybridized carbons (Fsp3) is 0.471. The molecule has 2 heterocycles. The number of likely N-dealkylation sites (N-methyl/N-ethyl adjacent to an activating group) is 1. The maximum absolute atomic E-state index is 12.3. The van der Waals surface area contributed by atoms with Crippen molar-refractivity contribution < 1.29 is 14.1 Å². The van der Waals surface area contributed by atoms with Crippen molar-refractivity contribution in [3.8, 4) is 5.75 Å². The number of aromatic nitrogens is 2. The summed E-state index contributed by atoms with van der Waals surface area (Å²) in [5.41, 5.74) is 0.962. The highest BCUT2D eigenvalue weighted by atomic mass is 16.5. The minimum absolute atomic E-state index is 0.0147. The SMILES string of the molecule is COc1ccc(CC(=O)N[C@H]2C[C@@H](c3nc(C)no3)N(C)C2)cc1. The highest BCUT2D eigenvalue weighted by molar-refractivity contribution is 5.79. The minimum atomic E-state index is 0.0147. The number of carbonyl (C=O) groups is 1. The van der Waals surface area contributed by atoms with Gasteiger partial charge in [-0.15, -0.1) is 0 Å². The lowest BCUT2D eigenvalue weighted by molar-refractivity contribution is -0.121. The first-order valence-corrected chi connectivity index (χ1v) is 7.98. The van der Waals surface area contributed by atoms with E-state index < -0.39 is 0 Å². The fourth-order valence-corrected chi connectivity index (χ4v) is 3.05. The Labute approximate surface area is 141 Å². The summed E-state index contributed by atoms with van der Waals surface area (Å²) >= 11 is 0. The van der Waals surface area contributed by atoms with Gasteiger partial charge in [0.05, 0.1) is 19.6 Å². The molecule has 0 saturated carbocycles. The van der Waals surface area contributed by atoms with Crippen molar-refractivity contribution in [2.45, 2.75) is 31.8 Å². The molecule has 24 heavy (non-hydrogen) atoms. The Kier molecular flexibility index (Phi) is 4.80. The van der Waals surface area contributed by atoms with Gasteiger partial charge in [-0.1, -0.05) is 17.3 Å². The number of hydrogen-bond acceptors (Lipinski definition) is 6. The quantitative estimate of drug-likeness (QED) is 0.895. The van der Waals surface area contributed by atoms with Crippen LogP contribution in [0.1, 0.15) is 29.7 Å². The van der Waals surface area contributed by atoms with E-state index in [1.807, 2.05) is 31.3 Å². The van der Waals surface area contributed by atoms with Crippen LogP contribution < -0.4 is 10.1 Å². The Morgan fingerprint density at radius 2 is 2.17 bits per heavy atom. The lowest BCUT2D eigenvalue weighted by Crippen LogP contribution is -2.37. The van der Waals surface area contributed by atoms with E-state index in [1.165, 1.54) is 0 Å². The van der Waals surface area contributed by atoms with Crippen molar-refractivity contribution in [3.63, 3.8) is 0 Å². The molecule has 2 atom stereocenters. The summed E-state index contributed by atoms with van der Waals surface area (Å²) in [6, 6.07) is 7.67. The van der Waals surface area contributed by atoms with Gasteiger partial charge in [-0.25, -0.2) is 0 Å². The second-order valence-corrected chi connectivity index (χ2v) is 6.16. The van der Waals surface area contributed by atoms with Crippen molar-refractivity contribution in [2.24, 2.45) is 0 Å². The second-order valence-electron chi connectivity index (χ2n) is 6.16. The standard InChI is InChI=1S/C17H22N4O3/c1-11-18-17(24-20-11)15-9-13(10-21(15)2)19-16(22)8-12-4-6-14(23-3)7-5-12/h4-7,13,15H,8-10H2,1-3H3,(H,19,22)/t13-,15-/m0/s1. The van der Waals surface area contributed by atoms with Gasteiger partial charge in [-0.3, -0.25) is 9.69 Å². The number of nitrogens with one attached hydrogen (secondary N) is 1. The highest BCUT2D eigenvalue weighted by Crippen LogP contribution is 2.29. The van der Waals surface area contributed by atoms with Crippen molar-refractivity contribution in [1.82, 2.24) is 20.4 Å². The van der Waals surface area contributed by atoms with Gasteiger partial charge in [-0.2, -0.15) is 4.98 Å². The number of amides is 1. The fourth-order valence-electron chi connectivity index (χ4n) is 3.05. The van der Waals surface area contributed by atoms with E-state index in [2.05, 4.69) is 20.4 Å². The molecule has 1 aromatic heterocycles. The van der Waals surface area contributed by atoms with Crippen LogP contribution in [0.5, 0.6) is 5.75 Å². The van der Waals surface area contributed by atoms with E-state index in [9.17, 15) is 4.79 Å². The van der Waals surface area contributed by atoms with Crippen LogP contribution in [0.2, 0.25) is 0 Å². The normalized spacial score (nSPS) is 21.0. The summed E-state index contributed by atoms with van der Waals surface area (Å²) in [7, 11) is 3.62. The van der Waals surface area contributed by atoms with Gasteiger partial charge in [0.1, 0.15) is 5.75 Å². The smallest absolute Gasteiger partial charge is 0.244 e. The minimum Gasteiger partial charge on any atom is -0.497 e. The summed E-state index contributed by atoms with van der Waals surface area (Å²) < 4.78 is 10.4. The van der Waals surface area contributed by atoms with Gasteiger partial charge < -0.3 is 14.6 Å². The van der Waals surface area contributed by atoms with Gasteiger partial charge in [0.2, 0.25) is 11.8 Å². The maximum atomic E-state index is 12.3. The summed E-state index contributed by atoms with van der Waals surface area (Å²) in [5, 5.41) is 6.93. The molecule has 0 aliphatic carbocycles. The Hall–Kier alpha value is -2.41. The van der Waals surface area contributed by atoms with Crippen LogP contribution in [0.4, 0.5) is 0 Å². The van der Waals surface area contributed by atoms with E-state index in [1.54, 1.807) is 14.0 Å². The molecule has 3 rings (SSSR count). The van der Waals surface area contributed by atoms with Crippen LogP contribution in [0.3, 0.4) is 0 Å². The molecule has 7 nitrogen and oxygen atoms in total. The first-order chi connectivity index (χ1) is 11.5. The number of ether oxygens (including phenoxy) is 1. The lowest BCUT2D eigenvalue weighted by Gasteiger charge is -2.14. The van der Waals surface area contributed by atoms with Gasteiger partial charge in [0, 0.05) is 12.6 Å². The molecular formula is C17H22N4O3. The molecule has 0 radical (unpaired) electrons. The third kappa shape index (κ3) is 3.73. The van der Waals surface area contributed by atoms with Gasteiger partial charge in [0.25, 0.3) is 0 Å². The van der Waals surface area contributed by atoms with Crippen molar-refractivity contribution in [1.29, 1.82) is 0 Å². The van der Waals surface area contributed by atoms with E-state index in [-0.39, 0.29) is 18.0 Å². The molecule has 0 spiro atoms. The second kappa shape index (κ2) is 7.00. The van der Waals surface area contributed by atoms with E-state index in [0.717, 1.165) is 24.3 Å². The molecule has 0 bridgehead atoms. The number of aryl methyl sites for hydroxylation is 1. The van der Waals surface area contributed by atoms with E-state index in [0.29, 0.717) is 18.1 Å². The number of nitrogens with zero attached hydrogens (tertiary/aromatic N) is 3. The number of methoxy groups -OCH3 is 1. The maximum Gasteiger partial charge on any atom is 0.244 e. The Balaban J connectivity index is 1.55. The zero-order valence-electron chi connectivity index (χ0n) is 14.2. The van der Waals surface area contributed by atoms with Crippen molar-refractivity contribution in [3.05, 3.63) is 41.5 Å². The average Bonchev–Trinajstić information content (AvgIpc) is 3.13.